The van der Waals surface area contributed by atoms with E-state index in [0.717, 1.165) is 18.1 Å². The SMILES string of the molecule is CC[SiH2]O[Si](C)(C)O[Si](C)(C)O[Si](C)(C)O[Si](C)(C)O[Si](C)(C)O[Si](C)(C)O[SiH](CC)CC. The van der Waals surface area contributed by atoms with Crippen LogP contribution in [0, 0.1) is 0 Å². The average Bonchev–Trinajstić information content (AvgIpc) is 2.52. The first-order chi connectivity index (χ1) is 14.6. The van der Waals surface area contributed by atoms with E-state index in [1.165, 1.54) is 0 Å². The Hall–Kier alpha value is 1.46. The Balaban J connectivity index is 5.17. The lowest BCUT2D eigenvalue weighted by molar-refractivity contribution is 0.266. The highest BCUT2D eigenvalue weighted by atomic mass is 28.5. The van der Waals surface area contributed by atoms with Crippen molar-refractivity contribution in [2.75, 3.05) is 0 Å². The molecule has 0 fully saturated rings. The number of hydrogen-bond acceptors (Lipinski definition) is 7. The zero-order valence-corrected chi connectivity index (χ0v) is 32.8. The molecule has 33 heavy (non-hydrogen) atoms. The van der Waals surface area contributed by atoms with Crippen molar-refractivity contribution in [2.24, 2.45) is 0 Å². The van der Waals surface area contributed by atoms with Gasteiger partial charge in [0.05, 0.1) is 0 Å². The topological polar surface area (TPSA) is 64.6 Å². The Morgan fingerprint density at radius 1 is 0.485 bits per heavy atom. The van der Waals surface area contributed by atoms with Crippen LogP contribution in [-0.2, 0) is 28.8 Å². The highest BCUT2D eigenvalue weighted by Crippen LogP contribution is 2.28. The fraction of sp³-hybridized carbons (Fsp3) is 1.00. The van der Waals surface area contributed by atoms with Crippen molar-refractivity contribution in [1.29, 1.82) is 0 Å². The molecule has 0 aromatic heterocycles. The second kappa shape index (κ2) is 13.3. The van der Waals surface area contributed by atoms with Gasteiger partial charge in [0.2, 0.25) is 0 Å². The predicted molar refractivity (Wildman–Crippen MR) is 160 cm³/mol. The van der Waals surface area contributed by atoms with Crippen LogP contribution in [0.2, 0.25) is 96.7 Å². The van der Waals surface area contributed by atoms with Gasteiger partial charge >= 0.3 is 51.4 Å². The molecule has 0 aromatic carbocycles. The van der Waals surface area contributed by atoms with Crippen LogP contribution in [-0.4, -0.2) is 70.2 Å². The molecule has 200 valence electrons. The fourth-order valence-electron chi connectivity index (χ4n) is 4.30. The van der Waals surface area contributed by atoms with Crippen molar-refractivity contribution < 1.29 is 28.8 Å². The van der Waals surface area contributed by atoms with Crippen LogP contribution in [0.4, 0.5) is 0 Å². The Morgan fingerprint density at radius 2 is 0.788 bits per heavy atom. The second-order valence-corrected chi connectivity index (χ2v) is 38.6. The summed E-state index contributed by atoms with van der Waals surface area (Å²) in [6.45, 7) is 31.9. The van der Waals surface area contributed by atoms with Gasteiger partial charge in [-0.2, -0.15) is 0 Å². The van der Waals surface area contributed by atoms with Gasteiger partial charge in [-0.15, -0.1) is 0 Å². The minimum Gasteiger partial charge on any atom is -0.442 e. The molecule has 0 spiro atoms. The third-order valence-corrected chi connectivity index (χ3v) is 33.6. The maximum absolute atomic E-state index is 6.64. The minimum absolute atomic E-state index is 0.509. The molecule has 0 unspecified atom stereocenters. The molecule has 0 N–H and O–H groups in total. The maximum atomic E-state index is 6.64. The summed E-state index contributed by atoms with van der Waals surface area (Å²) in [5.41, 5.74) is 0. The van der Waals surface area contributed by atoms with E-state index in [0.29, 0.717) is 0 Å². The maximum Gasteiger partial charge on any atom is 0.314 e. The van der Waals surface area contributed by atoms with E-state index in [9.17, 15) is 0 Å². The summed E-state index contributed by atoms with van der Waals surface area (Å²) in [7, 11) is -16.0. The van der Waals surface area contributed by atoms with Crippen LogP contribution in [0.25, 0.3) is 0 Å². The highest BCUT2D eigenvalue weighted by molar-refractivity contribution is 6.91. The first-order valence-corrected chi connectivity index (χ1v) is 33.0. The van der Waals surface area contributed by atoms with Crippen molar-refractivity contribution in [3.63, 3.8) is 0 Å². The van der Waals surface area contributed by atoms with Crippen LogP contribution in [0.15, 0.2) is 0 Å². The van der Waals surface area contributed by atoms with Crippen LogP contribution in [0.5, 0.6) is 0 Å². The highest BCUT2D eigenvalue weighted by Gasteiger charge is 2.48. The number of hydrogen-bond donors (Lipinski definition) is 0. The lowest BCUT2D eigenvalue weighted by Gasteiger charge is -2.43. The first-order valence-electron chi connectivity index (χ1n) is 12.4. The van der Waals surface area contributed by atoms with E-state index >= 15 is 0 Å². The Bertz CT molecular complexity index is 584. The van der Waals surface area contributed by atoms with E-state index in [1.54, 1.807) is 0 Å². The van der Waals surface area contributed by atoms with Gasteiger partial charge in [-0.3, -0.25) is 0 Å². The van der Waals surface area contributed by atoms with E-state index in [2.05, 4.69) is 99.3 Å². The van der Waals surface area contributed by atoms with Gasteiger partial charge in [-0.05, 0) is 96.7 Å². The van der Waals surface area contributed by atoms with Crippen molar-refractivity contribution in [3.05, 3.63) is 0 Å². The van der Waals surface area contributed by atoms with Crippen LogP contribution in [0.1, 0.15) is 20.8 Å². The van der Waals surface area contributed by atoms with E-state index < -0.39 is 70.2 Å². The zero-order chi connectivity index (χ0) is 26.4. The minimum atomic E-state index is -2.50. The lowest BCUT2D eigenvalue weighted by atomic mass is 11.0. The Labute approximate surface area is 215 Å². The van der Waals surface area contributed by atoms with Gasteiger partial charge in [-0.1, -0.05) is 20.8 Å². The molecule has 0 saturated heterocycles. The van der Waals surface area contributed by atoms with Crippen LogP contribution in [0.3, 0.4) is 0 Å². The molecule has 0 atom stereocenters. The van der Waals surface area contributed by atoms with Gasteiger partial charge in [-0.25, -0.2) is 0 Å². The second-order valence-electron chi connectivity index (χ2n) is 11.3. The van der Waals surface area contributed by atoms with Crippen molar-refractivity contribution in [3.8, 4) is 0 Å². The summed E-state index contributed by atoms with van der Waals surface area (Å²) in [5, 5.41) is 0. The molecular weight excluding hydrogens is 553 g/mol. The quantitative estimate of drug-likeness (QED) is 0.200. The Morgan fingerprint density at radius 3 is 1.09 bits per heavy atom. The van der Waals surface area contributed by atoms with Crippen LogP contribution >= 0.6 is 0 Å². The largest absolute Gasteiger partial charge is 0.442 e. The van der Waals surface area contributed by atoms with E-state index in [4.69, 9.17) is 28.8 Å². The molecule has 15 heteroatoms. The molecule has 0 aliphatic heterocycles. The molecule has 7 nitrogen and oxygen atoms in total. The molecule has 0 heterocycles. The van der Waals surface area contributed by atoms with Crippen molar-refractivity contribution in [2.45, 2.75) is 117 Å². The standard InChI is InChI=1S/C18H54O7Si8/c1-16-26-19-28(4,5)21-30(8,9)23-32(12,13)25-33(14,15)24-31(10,11)22-29(6,7)20-27(17-2)18-3/h27H,16-18,26H2,1-15H3. The summed E-state index contributed by atoms with van der Waals surface area (Å²) in [6, 6.07) is 3.38. The van der Waals surface area contributed by atoms with Gasteiger partial charge < -0.3 is 28.8 Å². The normalized spacial score (nSPS) is 15.3. The molecule has 0 aliphatic rings. The summed E-state index contributed by atoms with van der Waals surface area (Å²) < 4.78 is 45.6. The molecule has 0 rings (SSSR count). The molecule has 0 aromatic rings. The van der Waals surface area contributed by atoms with Gasteiger partial charge in [0.15, 0.2) is 9.04 Å². The third kappa shape index (κ3) is 16.0. The summed E-state index contributed by atoms with van der Waals surface area (Å²) >= 11 is 0. The third-order valence-electron chi connectivity index (χ3n) is 4.47. The molecule has 0 amide bonds. The van der Waals surface area contributed by atoms with Crippen molar-refractivity contribution in [1.82, 2.24) is 0 Å². The van der Waals surface area contributed by atoms with E-state index in [-0.39, 0.29) is 0 Å². The molecular formula is C18H54O7Si8. The zero-order valence-electron chi connectivity index (χ0n) is 24.3. The summed E-state index contributed by atoms with van der Waals surface area (Å²) in [5.74, 6) is 0. The molecule has 0 saturated carbocycles. The first kappa shape index (κ1) is 34.5. The van der Waals surface area contributed by atoms with Crippen molar-refractivity contribution >= 4 is 70.2 Å². The molecule has 0 aliphatic carbocycles. The molecule has 0 radical (unpaired) electrons. The van der Waals surface area contributed by atoms with Gasteiger partial charge in [0.25, 0.3) is 0 Å². The lowest BCUT2D eigenvalue weighted by Crippen LogP contribution is -2.60. The molecule has 0 bridgehead atoms. The summed E-state index contributed by atoms with van der Waals surface area (Å²) in [6.07, 6.45) is 0. The van der Waals surface area contributed by atoms with Crippen LogP contribution < -0.4 is 0 Å². The fourth-order valence-corrected chi connectivity index (χ4v) is 39.4. The van der Waals surface area contributed by atoms with Gasteiger partial charge in [0.1, 0.15) is 9.76 Å². The van der Waals surface area contributed by atoms with Gasteiger partial charge in [0, 0.05) is 0 Å². The average molecular weight is 607 g/mol. The smallest absolute Gasteiger partial charge is 0.314 e. The number of rotatable bonds is 17. The summed E-state index contributed by atoms with van der Waals surface area (Å²) in [4.78, 5) is 0. The Kier molecular flexibility index (Phi) is 13.9. The predicted octanol–water partition coefficient (Wildman–Crippen LogP) is 5.60. The monoisotopic (exact) mass is 606 g/mol. The van der Waals surface area contributed by atoms with E-state index in [1.807, 2.05) is 0 Å².